The van der Waals surface area contributed by atoms with Crippen LogP contribution in [0.25, 0.3) is 11.4 Å². The highest BCUT2D eigenvalue weighted by Crippen LogP contribution is 2.22. The molecule has 0 fully saturated rings. The third-order valence-electron chi connectivity index (χ3n) is 2.30. The Morgan fingerprint density at radius 2 is 2.24 bits per heavy atom. The van der Waals surface area contributed by atoms with Crippen LogP contribution >= 0.6 is 11.6 Å². The minimum Gasteiger partial charge on any atom is -0.377 e. The molecule has 0 spiro atoms. The fourth-order valence-corrected chi connectivity index (χ4v) is 1.55. The van der Waals surface area contributed by atoms with Crippen LogP contribution in [0.1, 0.15) is 5.82 Å². The molecule has 1 aromatic heterocycles. The molecule has 1 aromatic carbocycles. The maximum Gasteiger partial charge on any atom is 0.181 e. The summed E-state index contributed by atoms with van der Waals surface area (Å²) in [5, 5.41) is 4.27. The number of hydrogen-bond donors (Lipinski definition) is 0. The van der Waals surface area contributed by atoms with Crippen molar-refractivity contribution < 1.29 is 9.13 Å². The van der Waals surface area contributed by atoms with Crippen molar-refractivity contribution in [1.29, 1.82) is 0 Å². The Morgan fingerprint density at radius 3 is 2.88 bits per heavy atom. The van der Waals surface area contributed by atoms with Gasteiger partial charge in [0.25, 0.3) is 0 Å². The van der Waals surface area contributed by atoms with Crippen molar-refractivity contribution >= 4 is 11.6 Å². The molecule has 0 N–H and O–H groups in total. The number of nitrogens with zero attached hydrogens (tertiary/aromatic N) is 3. The lowest BCUT2D eigenvalue weighted by molar-refractivity contribution is 0.174. The zero-order valence-electron chi connectivity index (χ0n) is 9.44. The molecule has 90 valence electrons. The Balaban J connectivity index is 2.39. The molecular weight excluding hydrogens is 245 g/mol. The molecule has 2 rings (SSSR count). The Hall–Kier alpha value is -1.46. The van der Waals surface area contributed by atoms with Crippen LogP contribution in [0.4, 0.5) is 4.39 Å². The predicted octanol–water partition coefficient (Wildman–Crippen LogP) is 2.42. The van der Waals surface area contributed by atoms with Gasteiger partial charge in [0, 0.05) is 19.7 Å². The molecular formula is C11H11ClFN3O. The van der Waals surface area contributed by atoms with E-state index in [1.165, 1.54) is 12.1 Å². The van der Waals surface area contributed by atoms with Gasteiger partial charge >= 0.3 is 0 Å². The van der Waals surface area contributed by atoms with Gasteiger partial charge in [-0.05, 0) is 18.2 Å². The quantitative estimate of drug-likeness (QED) is 0.846. The summed E-state index contributed by atoms with van der Waals surface area (Å²) in [5.74, 6) is 0.651. The minimum absolute atomic E-state index is 0.0850. The van der Waals surface area contributed by atoms with E-state index < -0.39 is 5.82 Å². The Morgan fingerprint density at radius 1 is 1.47 bits per heavy atom. The van der Waals surface area contributed by atoms with E-state index in [-0.39, 0.29) is 5.02 Å². The number of hydrogen-bond acceptors (Lipinski definition) is 3. The van der Waals surface area contributed by atoms with Gasteiger partial charge in [0.2, 0.25) is 0 Å². The van der Waals surface area contributed by atoms with E-state index in [0.29, 0.717) is 23.8 Å². The Bertz CT molecular complexity index is 542. The highest BCUT2D eigenvalue weighted by Gasteiger charge is 2.10. The van der Waals surface area contributed by atoms with Crippen molar-refractivity contribution in [3.63, 3.8) is 0 Å². The number of rotatable bonds is 3. The first-order chi connectivity index (χ1) is 8.11. The van der Waals surface area contributed by atoms with Crippen molar-refractivity contribution in [2.75, 3.05) is 7.11 Å². The zero-order valence-corrected chi connectivity index (χ0v) is 10.2. The summed E-state index contributed by atoms with van der Waals surface area (Å²) < 4.78 is 19.9. The molecule has 2 aromatic rings. The molecule has 0 aliphatic heterocycles. The highest BCUT2D eigenvalue weighted by molar-refractivity contribution is 6.30. The van der Waals surface area contributed by atoms with Crippen molar-refractivity contribution in [3.8, 4) is 11.4 Å². The molecule has 0 aliphatic rings. The van der Waals surface area contributed by atoms with E-state index in [1.807, 2.05) is 0 Å². The molecule has 4 nitrogen and oxygen atoms in total. The predicted molar refractivity (Wildman–Crippen MR) is 62.1 cm³/mol. The summed E-state index contributed by atoms with van der Waals surface area (Å²) in [4.78, 5) is 4.26. The second kappa shape index (κ2) is 4.81. The number of halogens is 2. The van der Waals surface area contributed by atoms with E-state index in [9.17, 15) is 4.39 Å². The summed E-state index contributed by atoms with van der Waals surface area (Å²) in [6.45, 7) is 0.361. The summed E-state index contributed by atoms with van der Waals surface area (Å²) in [7, 11) is 3.34. The number of aromatic nitrogens is 3. The Kier molecular flexibility index (Phi) is 3.40. The van der Waals surface area contributed by atoms with Crippen LogP contribution in [0.5, 0.6) is 0 Å². The smallest absolute Gasteiger partial charge is 0.181 e. The first-order valence-corrected chi connectivity index (χ1v) is 5.34. The minimum atomic E-state index is -0.482. The Labute approximate surface area is 103 Å². The van der Waals surface area contributed by atoms with Gasteiger partial charge in [-0.3, -0.25) is 4.68 Å². The monoisotopic (exact) mass is 255 g/mol. The zero-order chi connectivity index (χ0) is 12.4. The molecule has 17 heavy (non-hydrogen) atoms. The third-order valence-corrected chi connectivity index (χ3v) is 2.61. The second-order valence-electron chi connectivity index (χ2n) is 3.54. The lowest BCUT2D eigenvalue weighted by Crippen LogP contribution is -2.00. The number of methoxy groups -OCH3 is 1. The maximum absolute atomic E-state index is 13.3. The van der Waals surface area contributed by atoms with Crippen molar-refractivity contribution in [3.05, 3.63) is 34.9 Å². The van der Waals surface area contributed by atoms with E-state index in [0.717, 1.165) is 0 Å². The first-order valence-electron chi connectivity index (χ1n) is 4.96. The van der Waals surface area contributed by atoms with Gasteiger partial charge in [-0.1, -0.05) is 11.6 Å². The largest absolute Gasteiger partial charge is 0.377 e. The van der Waals surface area contributed by atoms with Crippen LogP contribution in [-0.2, 0) is 18.4 Å². The molecule has 0 amide bonds. The number of ether oxygens (including phenoxy) is 1. The van der Waals surface area contributed by atoms with E-state index >= 15 is 0 Å². The molecule has 1 heterocycles. The van der Waals surface area contributed by atoms with Gasteiger partial charge in [0.1, 0.15) is 12.4 Å². The van der Waals surface area contributed by atoms with Crippen LogP contribution in [0.2, 0.25) is 5.02 Å². The summed E-state index contributed by atoms with van der Waals surface area (Å²) in [6.07, 6.45) is 0. The SMILES string of the molecule is COCc1nc(-c2ccc(Cl)c(F)c2)nn1C. The molecule has 0 unspecified atom stereocenters. The number of aryl methyl sites for hydroxylation is 1. The van der Waals surface area contributed by atoms with Gasteiger partial charge in [-0.25, -0.2) is 9.37 Å². The van der Waals surface area contributed by atoms with E-state index in [4.69, 9.17) is 16.3 Å². The summed E-state index contributed by atoms with van der Waals surface area (Å²) >= 11 is 5.61. The van der Waals surface area contributed by atoms with Crippen LogP contribution in [-0.4, -0.2) is 21.9 Å². The summed E-state index contributed by atoms with van der Waals surface area (Å²) in [6, 6.07) is 4.48. The molecule has 0 aliphatic carbocycles. The normalized spacial score (nSPS) is 10.8. The number of benzene rings is 1. The van der Waals surface area contributed by atoms with Gasteiger partial charge in [-0.15, -0.1) is 0 Å². The fraction of sp³-hybridized carbons (Fsp3) is 0.273. The maximum atomic E-state index is 13.3. The van der Waals surface area contributed by atoms with Gasteiger partial charge in [0.15, 0.2) is 11.6 Å². The average Bonchev–Trinajstić information content (AvgIpc) is 2.65. The first kappa shape index (κ1) is 12.0. The third kappa shape index (κ3) is 2.45. The van der Waals surface area contributed by atoms with Gasteiger partial charge in [-0.2, -0.15) is 5.10 Å². The molecule has 0 radical (unpaired) electrons. The molecule has 0 bridgehead atoms. The molecule has 0 saturated heterocycles. The van der Waals surface area contributed by atoms with Crippen molar-refractivity contribution in [2.45, 2.75) is 6.61 Å². The highest BCUT2D eigenvalue weighted by atomic mass is 35.5. The van der Waals surface area contributed by atoms with E-state index in [1.54, 1.807) is 24.9 Å². The van der Waals surface area contributed by atoms with Crippen LogP contribution in [0, 0.1) is 5.82 Å². The van der Waals surface area contributed by atoms with Crippen LogP contribution in [0.3, 0.4) is 0 Å². The van der Waals surface area contributed by atoms with E-state index in [2.05, 4.69) is 10.1 Å². The second-order valence-corrected chi connectivity index (χ2v) is 3.94. The topological polar surface area (TPSA) is 39.9 Å². The van der Waals surface area contributed by atoms with Crippen LogP contribution in [0.15, 0.2) is 18.2 Å². The lowest BCUT2D eigenvalue weighted by atomic mass is 10.2. The summed E-state index contributed by atoms with van der Waals surface area (Å²) in [5.41, 5.74) is 0.588. The standard InChI is InChI=1S/C11H11ClFN3O/c1-16-10(6-17-2)14-11(15-16)7-3-4-8(12)9(13)5-7/h3-5H,6H2,1-2H3. The van der Waals surface area contributed by atoms with Crippen molar-refractivity contribution in [2.24, 2.45) is 7.05 Å². The molecule has 0 atom stereocenters. The van der Waals surface area contributed by atoms with Crippen molar-refractivity contribution in [1.82, 2.24) is 14.8 Å². The fourth-order valence-electron chi connectivity index (χ4n) is 1.43. The van der Waals surface area contributed by atoms with Gasteiger partial charge in [0.05, 0.1) is 5.02 Å². The molecule has 0 saturated carbocycles. The van der Waals surface area contributed by atoms with Crippen LogP contribution < -0.4 is 0 Å². The van der Waals surface area contributed by atoms with Gasteiger partial charge < -0.3 is 4.74 Å². The average molecular weight is 256 g/mol. The molecule has 6 heteroatoms. The lowest BCUT2D eigenvalue weighted by Gasteiger charge is -1.97.